The van der Waals surface area contributed by atoms with Crippen molar-refractivity contribution in [2.45, 2.75) is 46.5 Å². The summed E-state index contributed by atoms with van der Waals surface area (Å²) in [5.74, 6) is 0.478. The van der Waals surface area contributed by atoms with Gasteiger partial charge in [0.25, 0.3) is 5.91 Å². The topological polar surface area (TPSA) is 67.2 Å². The van der Waals surface area contributed by atoms with E-state index in [2.05, 4.69) is 39.9 Å². The van der Waals surface area contributed by atoms with Gasteiger partial charge in [-0.05, 0) is 59.9 Å². The third kappa shape index (κ3) is 7.39. The molecule has 0 aliphatic rings. The first-order valence-corrected chi connectivity index (χ1v) is 14.0. The van der Waals surface area contributed by atoms with E-state index in [4.69, 9.17) is 16.7 Å². The number of halogens is 1. The lowest BCUT2D eigenvalue weighted by Crippen LogP contribution is -2.39. The zero-order chi connectivity index (χ0) is 28.9. The van der Waals surface area contributed by atoms with E-state index in [0.717, 1.165) is 28.9 Å². The summed E-state index contributed by atoms with van der Waals surface area (Å²) < 4.78 is 1.71. The Hall–Kier alpha value is -3.90. The van der Waals surface area contributed by atoms with Crippen molar-refractivity contribution in [3.05, 3.63) is 101 Å². The van der Waals surface area contributed by atoms with Crippen molar-refractivity contribution in [2.24, 2.45) is 5.92 Å². The highest BCUT2D eigenvalue weighted by molar-refractivity contribution is 6.30. The predicted octanol–water partition coefficient (Wildman–Crippen LogP) is 7.62. The first-order valence-electron chi connectivity index (χ1n) is 13.6. The van der Waals surface area contributed by atoms with Gasteiger partial charge in [-0.25, -0.2) is 4.68 Å². The maximum atomic E-state index is 13.6. The molecule has 0 radical (unpaired) electrons. The van der Waals surface area contributed by atoms with Crippen molar-refractivity contribution in [2.75, 3.05) is 18.4 Å². The molecule has 0 bridgehead atoms. The minimum Gasteiger partial charge on any atom is -0.329 e. The summed E-state index contributed by atoms with van der Waals surface area (Å²) in [5, 5.41) is 8.39. The molecular formula is C33H37ClN4O2. The Bertz CT molecular complexity index is 1440. The van der Waals surface area contributed by atoms with Crippen molar-refractivity contribution in [1.29, 1.82) is 0 Å². The van der Waals surface area contributed by atoms with Crippen molar-refractivity contribution in [1.82, 2.24) is 14.7 Å². The lowest BCUT2D eigenvalue weighted by Gasteiger charge is -2.23. The molecule has 0 spiro atoms. The van der Waals surface area contributed by atoms with E-state index in [9.17, 15) is 9.59 Å². The molecule has 40 heavy (non-hydrogen) atoms. The zero-order valence-electron chi connectivity index (χ0n) is 23.8. The SMILES string of the molecule is CC(C)CCN(CC(=O)Nc1cc(C(C)(C)C)nn1-c1ccc(Cl)cc1)C(=O)c1ccc(-c2ccccc2)cc1. The minimum atomic E-state index is -0.284. The molecular weight excluding hydrogens is 520 g/mol. The molecule has 208 valence electrons. The van der Waals surface area contributed by atoms with E-state index < -0.39 is 0 Å². The molecule has 0 fully saturated rings. The van der Waals surface area contributed by atoms with E-state index in [-0.39, 0.29) is 23.8 Å². The zero-order valence-corrected chi connectivity index (χ0v) is 24.6. The van der Waals surface area contributed by atoms with Gasteiger partial charge in [0.2, 0.25) is 5.91 Å². The minimum absolute atomic E-state index is 0.0668. The molecule has 1 aromatic heterocycles. The van der Waals surface area contributed by atoms with Crippen molar-refractivity contribution < 1.29 is 9.59 Å². The number of carbonyl (C=O) groups excluding carboxylic acids is 2. The van der Waals surface area contributed by atoms with Crippen LogP contribution in [-0.4, -0.2) is 39.6 Å². The van der Waals surface area contributed by atoms with Crippen molar-refractivity contribution >= 4 is 29.2 Å². The van der Waals surface area contributed by atoms with Gasteiger partial charge >= 0.3 is 0 Å². The number of hydrogen-bond donors (Lipinski definition) is 1. The maximum absolute atomic E-state index is 13.6. The highest BCUT2D eigenvalue weighted by Gasteiger charge is 2.24. The molecule has 3 aromatic carbocycles. The van der Waals surface area contributed by atoms with Crippen LogP contribution in [0.25, 0.3) is 16.8 Å². The number of aromatic nitrogens is 2. The summed E-state index contributed by atoms with van der Waals surface area (Å²) in [6.07, 6.45) is 0.790. The van der Waals surface area contributed by atoms with Crippen LogP contribution in [0.3, 0.4) is 0 Å². The summed E-state index contributed by atoms with van der Waals surface area (Å²) in [6, 6.07) is 26.8. The second-order valence-electron chi connectivity index (χ2n) is 11.5. The first kappa shape index (κ1) is 29.1. The van der Waals surface area contributed by atoms with E-state index >= 15 is 0 Å². The molecule has 0 saturated heterocycles. The van der Waals surface area contributed by atoms with Crippen LogP contribution in [-0.2, 0) is 10.2 Å². The number of rotatable bonds is 9. The molecule has 4 rings (SSSR count). The van der Waals surface area contributed by atoms with Gasteiger partial charge < -0.3 is 10.2 Å². The second kappa shape index (κ2) is 12.5. The van der Waals surface area contributed by atoms with Crippen LogP contribution in [0, 0.1) is 5.92 Å². The molecule has 4 aromatic rings. The lowest BCUT2D eigenvalue weighted by atomic mass is 9.92. The van der Waals surface area contributed by atoms with Gasteiger partial charge in [0.1, 0.15) is 12.4 Å². The van der Waals surface area contributed by atoms with Gasteiger partial charge in [-0.3, -0.25) is 9.59 Å². The van der Waals surface area contributed by atoms with Crippen LogP contribution in [0.1, 0.15) is 57.1 Å². The molecule has 0 aliphatic heterocycles. The Morgan fingerprint density at radius 2 is 1.55 bits per heavy atom. The van der Waals surface area contributed by atoms with Crippen LogP contribution < -0.4 is 5.32 Å². The summed E-state index contributed by atoms with van der Waals surface area (Å²) in [6.45, 7) is 10.8. The lowest BCUT2D eigenvalue weighted by molar-refractivity contribution is -0.117. The average Bonchev–Trinajstić information content (AvgIpc) is 3.36. The average molecular weight is 557 g/mol. The second-order valence-corrected chi connectivity index (χ2v) is 11.9. The summed E-state index contributed by atoms with van der Waals surface area (Å²) in [7, 11) is 0. The maximum Gasteiger partial charge on any atom is 0.254 e. The van der Waals surface area contributed by atoms with Gasteiger partial charge in [-0.15, -0.1) is 0 Å². The standard InChI is InChI=1S/C33H37ClN4O2/c1-23(2)19-20-37(32(40)26-13-11-25(12-14-26)24-9-7-6-8-10-24)22-31(39)35-30-21-29(33(3,4)5)36-38(30)28-17-15-27(34)16-18-28/h6-18,21,23H,19-20,22H2,1-5H3,(H,35,39). The molecule has 2 amide bonds. The number of hydrogen-bond acceptors (Lipinski definition) is 3. The first-order chi connectivity index (χ1) is 19.0. The largest absolute Gasteiger partial charge is 0.329 e. The van der Waals surface area contributed by atoms with E-state index in [0.29, 0.717) is 28.9 Å². The van der Waals surface area contributed by atoms with Gasteiger partial charge in [0, 0.05) is 28.6 Å². The number of nitrogens with zero attached hydrogens (tertiary/aromatic N) is 3. The quantitative estimate of drug-likeness (QED) is 0.230. The summed E-state index contributed by atoms with van der Waals surface area (Å²) in [5.41, 5.74) is 4.07. The molecule has 7 heteroatoms. The third-order valence-electron chi connectivity index (χ3n) is 6.65. The fourth-order valence-electron chi connectivity index (χ4n) is 4.26. The van der Waals surface area contributed by atoms with E-state index in [1.165, 1.54) is 0 Å². The normalized spacial score (nSPS) is 11.5. The number of benzene rings is 3. The Kier molecular flexibility index (Phi) is 9.10. The summed E-state index contributed by atoms with van der Waals surface area (Å²) >= 11 is 6.09. The van der Waals surface area contributed by atoms with Crippen LogP contribution in [0.15, 0.2) is 84.9 Å². The predicted molar refractivity (Wildman–Crippen MR) is 163 cm³/mol. The molecule has 0 saturated carbocycles. The highest BCUT2D eigenvalue weighted by atomic mass is 35.5. The number of carbonyl (C=O) groups is 2. The van der Waals surface area contributed by atoms with Crippen LogP contribution in [0.5, 0.6) is 0 Å². The van der Waals surface area contributed by atoms with Gasteiger partial charge in [-0.1, -0.05) is 88.7 Å². The van der Waals surface area contributed by atoms with Crippen LogP contribution >= 0.6 is 11.6 Å². The van der Waals surface area contributed by atoms with Crippen LogP contribution in [0.2, 0.25) is 5.02 Å². The molecule has 6 nitrogen and oxygen atoms in total. The molecule has 0 aliphatic carbocycles. The molecule has 1 N–H and O–H groups in total. The smallest absolute Gasteiger partial charge is 0.254 e. The van der Waals surface area contributed by atoms with Gasteiger partial charge in [0.05, 0.1) is 11.4 Å². The molecule has 0 atom stereocenters. The number of anilines is 1. The fraction of sp³-hybridized carbons (Fsp3) is 0.303. The van der Waals surface area contributed by atoms with Crippen molar-refractivity contribution in [3.63, 3.8) is 0 Å². The Balaban J connectivity index is 1.55. The number of amides is 2. The van der Waals surface area contributed by atoms with Crippen molar-refractivity contribution in [3.8, 4) is 16.8 Å². The van der Waals surface area contributed by atoms with E-state index in [1.54, 1.807) is 21.7 Å². The Morgan fingerprint density at radius 1 is 0.925 bits per heavy atom. The number of nitrogens with one attached hydrogen (secondary N) is 1. The van der Waals surface area contributed by atoms with E-state index in [1.807, 2.05) is 72.8 Å². The monoisotopic (exact) mass is 556 g/mol. The van der Waals surface area contributed by atoms with Gasteiger partial charge in [0.15, 0.2) is 0 Å². The van der Waals surface area contributed by atoms with Gasteiger partial charge in [-0.2, -0.15) is 5.10 Å². The molecule has 0 unspecified atom stereocenters. The Labute approximate surface area is 242 Å². The highest BCUT2D eigenvalue weighted by Crippen LogP contribution is 2.27. The van der Waals surface area contributed by atoms with Crippen LogP contribution in [0.4, 0.5) is 5.82 Å². The fourth-order valence-corrected chi connectivity index (χ4v) is 4.38. The third-order valence-corrected chi connectivity index (χ3v) is 6.91. The Morgan fingerprint density at radius 3 is 2.15 bits per heavy atom. The molecule has 1 heterocycles. The summed E-state index contributed by atoms with van der Waals surface area (Å²) in [4.78, 5) is 28.6.